The Morgan fingerprint density at radius 1 is 0.766 bits per heavy atom. The lowest BCUT2D eigenvalue weighted by molar-refractivity contribution is -0.145. The van der Waals surface area contributed by atoms with Crippen molar-refractivity contribution < 1.29 is 28.2 Å². The lowest BCUT2D eigenvalue weighted by Crippen LogP contribution is -2.66. The van der Waals surface area contributed by atoms with Crippen LogP contribution in [0.2, 0.25) is 5.04 Å². The van der Waals surface area contributed by atoms with Crippen LogP contribution in [0.1, 0.15) is 62.3 Å². The number of ether oxygens (including phenoxy) is 3. The second kappa shape index (κ2) is 15.9. The highest BCUT2D eigenvalue weighted by Gasteiger charge is 2.50. The number of nitrogens with one attached hydrogen (secondary N) is 1. The van der Waals surface area contributed by atoms with Crippen LogP contribution in [0.3, 0.4) is 0 Å². The van der Waals surface area contributed by atoms with Crippen LogP contribution in [0.15, 0.2) is 103 Å². The Morgan fingerprint density at radius 2 is 1.30 bits per heavy atom. The van der Waals surface area contributed by atoms with E-state index in [0.29, 0.717) is 30.1 Å². The molecule has 4 aromatic carbocycles. The van der Waals surface area contributed by atoms with Gasteiger partial charge in [-0.15, -0.1) is 0 Å². The summed E-state index contributed by atoms with van der Waals surface area (Å²) in [5.74, 6) is 0.230. The molecule has 0 aliphatic carbocycles. The van der Waals surface area contributed by atoms with E-state index >= 15 is 0 Å². The van der Waals surface area contributed by atoms with Gasteiger partial charge in [-0.05, 0) is 57.9 Å². The molecular formula is C39H47NO6Si. The summed E-state index contributed by atoms with van der Waals surface area (Å²) in [5, 5.41) is 5.10. The Kier molecular flexibility index (Phi) is 12.0. The smallest absolute Gasteiger partial charge is 0.333 e. The molecule has 1 N–H and O–H groups in total. The van der Waals surface area contributed by atoms with E-state index in [1.807, 2.05) is 49.4 Å². The monoisotopic (exact) mass is 653 g/mol. The van der Waals surface area contributed by atoms with Crippen LogP contribution in [0.4, 0.5) is 0 Å². The summed E-state index contributed by atoms with van der Waals surface area (Å²) in [6.45, 7) is 9.08. The summed E-state index contributed by atoms with van der Waals surface area (Å²) in [6, 6.07) is 33.0. The second-order valence-electron chi connectivity index (χ2n) is 12.7. The minimum atomic E-state index is -2.81. The molecule has 4 aromatic rings. The molecule has 0 unspecified atom stereocenters. The van der Waals surface area contributed by atoms with Crippen LogP contribution in [-0.2, 0) is 18.8 Å². The maximum absolute atomic E-state index is 13.8. The van der Waals surface area contributed by atoms with Crippen molar-refractivity contribution in [3.05, 3.63) is 120 Å². The van der Waals surface area contributed by atoms with E-state index in [-0.39, 0.29) is 23.3 Å². The predicted octanol–water partition coefficient (Wildman–Crippen LogP) is 6.48. The van der Waals surface area contributed by atoms with Crippen LogP contribution in [0.25, 0.3) is 0 Å². The number of benzene rings is 4. The number of methoxy groups -OCH3 is 3. The van der Waals surface area contributed by atoms with Crippen molar-refractivity contribution in [2.45, 2.75) is 57.5 Å². The van der Waals surface area contributed by atoms with Crippen molar-refractivity contribution in [2.24, 2.45) is 0 Å². The third-order valence-corrected chi connectivity index (χ3v) is 13.7. The topological polar surface area (TPSA) is 83.1 Å². The van der Waals surface area contributed by atoms with Crippen LogP contribution in [0.5, 0.6) is 11.5 Å². The number of hydrogen-bond donors (Lipinski definition) is 1. The predicted molar refractivity (Wildman–Crippen MR) is 189 cm³/mol. The molecule has 4 rings (SSSR count). The lowest BCUT2D eigenvalue weighted by Gasteiger charge is -2.43. The van der Waals surface area contributed by atoms with Gasteiger partial charge in [0.15, 0.2) is 6.04 Å². The van der Waals surface area contributed by atoms with Gasteiger partial charge < -0.3 is 24.0 Å². The Morgan fingerprint density at radius 3 is 1.79 bits per heavy atom. The van der Waals surface area contributed by atoms with Gasteiger partial charge in [0.2, 0.25) is 5.91 Å². The van der Waals surface area contributed by atoms with Crippen molar-refractivity contribution in [1.29, 1.82) is 0 Å². The number of hydrogen-bond acceptors (Lipinski definition) is 6. The van der Waals surface area contributed by atoms with E-state index in [9.17, 15) is 9.59 Å². The first-order valence-corrected chi connectivity index (χ1v) is 17.9. The van der Waals surface area contributed by atoms with Gasteiger partial charge in [-0.25, -0.2) is 4.79 Å². The number of amides is 1. The van der Waals surface area contributed by atoms with Gasteiger partial charge >= 0.3 is 5.97 Å². The highest BCUT2D eigenvalue weighted by Crippen LogP contribution is 2.40. The normalized spacial score (nSPS) is 12.9. The zero-order valence-corrected chi connectivity index (χ0v) is 29.5. The summed E-state index contributed by atoms with van der Waals surface area (Å²) in [5.41, 5.74) is 2.41. The first-order valence-electron chi connectivity index (χ1n) is 15.9. The number of aryl methyl sites for hydroxylation is 1. The highest BCUT2D eigenvalue weighted by atomic mass is 28.4. The SMILES string of the molecule is COC(=O)[C@H](NC(=O)C[C@@H](CCO[Si](c1ccccc1)(c1ccccc1)C(C)(C)C)c1cc(OC)c(C)cc1OC)c1ccccc1. The molecule has 0 aliphatic rings. The highest BCUT2D eigenvalue weighted by molar-refractivity contribution is 6.99. The number of rotatable bonds is 14. The van der Waals surface area contributed by atoms with Crippen molar-refractivity contribution in [3.8, 4) is 11.5 Å². The fourth-order valence-corrected chi connectivity index (χ4v) is 10.9. The van der Waals surface area contributed by atoms with E-state index in [1.54, 1.807) is 26.4 Å². The lowest BCUT2D eigenvalue weighted by atomic mass is 9.90. The van der Waals surface area contributed by atoms with Gasteiger partial charge in [0.25, 0.3) is 8.32 Å². The van der Waals surface area contributed by atoms with Gasteiger partial charge in [0.05, 0.1) is 21.3 Å². The first-order chi connectivity index (χ1) is 22.5. The maximum atomic E-state index is 13.8. The molecule has 0 heterocycles. The van der Waals surface area contributed by atoms with Crippen molar-refractivity contribution in [2.75, 3.05) is 27.9 Å². The fraction of sp³-hybridized carbons (Fsp3) is 0.333. The summed E-state index contributed by atoms with van der Waals surface area (Å²) in [7, 11) is 1.77. The van der Waals surface area contributed by atoms with E-state index in [0.717, 1.165) is 11.1 Å². The molecule has 0 saturated carbocycles. The second-order valence-corrected chi connectivity index (χ2v) is 17.0. The molecule has 2 atom stereocenters. The van der Waals surface area contributed by atoms with E-state index in [4.69, 9.17) is 18.6 Å². The molecule has 248 valence electrons. The van der Waals surface area contributed by atoms with E-state index in [2.05, 4.69) is 74.6 Å². The average Bonchev–Trinajstić information content (AvgIpc) is 3.08. The molecule has 0 bridgehead atoms. The van der Waals surface area contributed by atoms with Crippen LogP contribution in [0, 0.1) is 6.92 Å². The Labute approximate surface area is 280 Å². The Balaban J connectivity index is 1.71. The third-order valence-electron chi connectivity index (χ3n) is 8.70. The summed E-state index contributed by atoms with van der Waals surface area (Å²) >= 11 is 0. The van der Waals surface area contributed by atoms with Gasteiger partial charge in [0.1, 0.15) is 11.5 Å². The van der Waals surface area contributed by atoms with Crippen molar-refractivity contribution in [1.82, 2.24) is 5.32 Å². The molecule has 0 aromatic heterocycles. The van der Waals surface area contributed by atoms with Crippen molar-refractivity contribution >= 4 is 30.6 Å². The number of carbonyl (C=O) groups excluding carboxylic acids is 2. The zero-order valence-electron chi connectivity index (χ0n) is 28.5. The zero-order chi connectivity index (χ0) is 34.0. The Bertz CT molecular complexity index is 1570. The summed E-state index contributed by atoms with van der Waals surface area (Å²) in [4.78, 5) is 26.6. The molecular weight excluding hydrogens is 607 g/mol. The largest absolute Gasteiger partial charge is 0.496 e. The van der Waals surface area contributed by atoms with Crippen molar-refractivity contribution in [3.63, 3.8) is 0 Å². The Hall–Kier alpha value is -4.40. The molecule has 0 fully saturated rings. The van der Waals surface area contributed by atoms with Crippen LogP contribution < -0.4 is 25.2 Å². The minimum absolute atomic E-state index is 0.0903. The average molecular weight is 654 g/mol. The van der Waals surface area contributed by atoms with Gasteiger partial charge in [-0.1, -0.05) is 112 Å². The number of carbonyl (C=O) groups is 2. The first kappa shape index (κ1) is 35.5. The van der Waals surface area contributed by atoms with E-state index < -0.39 is 20.3 Å². The van der Waals surface area contributed by atoms with E-state index in [1.165, 1.54) is 17.5 Å². The molecule has 0 spiro atoms. The molecule has 7 nitrogen and oxygen atoms in total. The maximum Gasteiger partial charge on any atom is 0.333 e. The quantitative estimate of drug-likeness (QED) is 0.124. The summed E-state index contributed by atoms with van der Waals surface area (Å²) in [6.07, 6.45) is 0.613. The van der Waals surface area contributed by atoms with Gasteiger partial charge in [0, 0.05) is 18.6 Å². The van der Waals surface area contributed by atoms with Gasteiger partial charge in [-0.2, -0.15) is 0 Å². The standard InChI is InChI=1S/C39H47NO6Si/c1-28-25-35(44-6)33(27-34(28)43-5)30(26-36(41)40-37(38(42)45-7)29-17-11-8-12-18-29)23-24-46-47(39(2,3)4,31-19-13-9-14-20-31)32-21-15-10-16-22-32/h8-22,25,27,30,37H,23-24,26H2,1-7H3,(H,40,41)/t30-,37-/m1/s1. The summed E-state index contributed by atoms with van der Waals surface area (Å²) < 4.78 is 23.8. The van der Waals surface area contributed by atoms with Crippen LogP contribution >= 0.6 is 0 Å². The van der Waals surface area contributed by atoms with Crippen LogP contribution in [-0.4, -0.2) is 48.1 Å². The third kappa shape index (κ3) is 8.12. The molecule has 1 amide bonds. The molecule has 0 radical (unpaired) electrons. The van der Waals surface area contributed by atoms with Gasteiger partial charge in [-0.3, -0.25) is 4.79 Å². The molecule has 0 saturated heterocycles. The number of esters is 1. The fourth-order valence-electron chi connectivity index (χ4n) is 6.36. The minimum Gasteiger partial charge on any atom is -0.496 e. The molecule has 0 aliphatic heterocycles. The molecule has 47 heavy (non-hydrogen) atoms. The molecule has 8 heteroatoms.